The van der Waals surface area contributed by atoms with Gasteiger partial charge in [0.25, 0.3) is 0 Å². The van der Waals surface area contributed by atoms with Crippen LogP contribution in [0.3, 0.4) is 0 Å². The molecule has 4 atom stereocenters. The van der Waals surface area contributed by atoms with Crippen molar-refractivity contribution in [3.05, 3.63) is 23.3 Å². The highest BCUT2D eigenvalue weighted by atomic mass is 16.3. The van der Waals surface area contributed by atoms with Crippen LogP contribution < -0.4 is 5.84 Å². The summed E-state index contributed by atoms with van der Waals surface area (Å²) in [6.45, 7) is 0. The van der Waals surface area contributed by atoms with Crippen molar-refractivity contribution in [2.45, 2.75) is 18.3 Å². The molecule has 1 aromatic heterocycles. The van der Waals surface area contributed by atoms with Gasteiger partial charge in [-0.05, 0) is 18.3 Å². The Balaban J connectivity index is 2.06. The van der Waals surface area contributed by atoms with E-state index >= 15 is 0 Å². The molecule has 1 saturated carbocycles. The lowest BCUT2D eigenvalue weighted by Gasteiger charge is -2.29. The number of nitrogens with two attached hydrogens (primary N) is 1. The highest BCUT2D eigenvalue weighted by Crippen LogP contribution is 2.67. The van der Waals surface area contributed by atoms with Crippen LogP contribution in [0.2, 0.25) is 0 Å². The van der Waals surface area contributed by atoms with Gasteiger partial charge in [-0.2, -0.15) is 4.68 Å². The molecule has 4 nitrogen and oxygen atoms in total. The van der Waals surface area contributed by atoms with Crippen molar-refractivity contribution >= 4 is 0 Å². The largest absolute Gasteiger partial charge is 0.493 e. The Bertz CT molecular complexity index is 462. The molecule has 2 bridgehead atoms. The quantitative estimate of drug-likeness (QED) is 0.436. The normalized spacial score (nSPS) is 38.9. The van der Waals surface area contributed by atoms with Gasteiger partial charge in [-0.25, -0.2) is 0 Å². The van der Waals surface area contributed by atoms with Gasteiger partial charge >= 0.3 is 0 Å². The minimum Gasteiger partial charge on any atom is -0.493 e. The molecule has 0 aliphatic heterocycles. The Morgan fingerprint density at radius 2 is 1.53 bits per heavy atom. The maximum Gasteiger partial charge on any atom is 0.217 e. The third-order valence-electron chi connectivity index (χ3n) is 4.23. The third kappa shape index (κ3) is 0.654. The van der Waals surface area contributed by atoms with Gasteiger partial charge in [0.2, 0.25) is 11.8 Å². The summed E-state index contributed by atoms with van der Waals surface area (Å²) in [6, 6.07) is 0. The van der Waals surface area contributed by atoms with E-state index in [0.29, 0.717) is 11.8 Å². The number of rotatable bonds is 0. The Hall–Kier alpha value is -1.58. The number of hydrogen-bond acceptors (Lipinski definition) is 3. The summed E-state index contributed by atoms with van der Waals surface area (Å²) in [5.74, 6) is 7.52. The Kier molecular flexibility index (Phi) is 1.03. The van der Waals surface area contributed by atoms with Crippen LogP contribution >= 0.6 is 0 Å². The molecule has 4 N–H and O–H groups in total. The summed E-state index contributed by atoms with van der Waals surface area (Å²) in [4.78, 5) is 0. The molecule has 1 aromatic rings. The lowest BCUT2D eigenvalue weighted by molar-refractivity contribution is 0.391. The summed E-state index contributed by atoms with van der Waals surface area (Å²) in [5.41, 5.74) is 1.72. The van der Waals surface area contributed by atoms with Crippen molar-refractivity contribution in [1.82, 2.24) is 4.68 Å². The molecule has 15 heavy (non-hydrogen) atoms. The number of nitrogens with zero attached hydrogens (tertiary/aromatic N) is 1. The minimum absolute atomic E-state index is 0.0344. The standard InChI is InChI=1S/C11H12N2O2/c12-13-10(14)8-4-1-2-5(7-3-6(4)7)9(8)11(13)15/h1-2,4-7,14-15H,3,12H2/t4?,5?,6-,7-/m0/s1. The van der Waals surface area contributed by atoms with Gasteiger partial charge in [0.1, 0.15) is 0 Å². The van der Waals surface area contributed by atoms with E-state index < -0.39 is 0 Å². The molecule has 4 heteroatoms. The third-order valence-corrected chi connectivity index (χ3v) is 4.23. The molecular weight excluding hydrogens is 192 g/mol. The molecule has 0 aromatic carbocycles. The van der Waals surface area contributed by atoms with E-state index in [1.54, 1.807) is 0 Å². The fourth-order valence-corrected chi connectivity index (χ4v) is 3.47. The predicted octanol–water partition coefficient (Wildman–Crippen LogP) is 1.000. The molecular formula is C11H12N2O2. The van der Waals surface area contributed by atoms with Crippen LogP contribution in [0.5, 0.6) is 11.8 Å². The Morgan fingerprint density at radius 1 is 1.07 bits per heavy atom. The highest BCUT2D eigenvalue weighted by molar-refractivity contribution is 5.59. The van der Waals surface area contributed by atoms with Crippen LogP contribution in [0.15, 0.2) is 12.2 Å². The zero-order valence-electron chi connectivity index (χ0n) is 8.09. The van der Waals surface area contributed by atoms with Gasteiger partial charge in [-0.3, -0.25) is 0 Å². The maximum absolute atomic E-state index is 9.87. The first kappa shape index (κ1) is 7.68. The molecule has 4 aliphatic carbocycles. The van der Waals surface area contributed by atoms with Gasteiger partial charge in [-0.1, -0.05) is 12.2 Å². The predicted molar refractivity (Wildman–Crippen MR) is 54.1 cm³/mol. The molecule has 0 radical (unpaired) electrons. The van der Waals surface area contributed by atoms with Crippen molar-refractivity contribution in [1.29, 1.82) is 0 Å². The second-order valence-corrected chi connectivity index (χ2v) is 4.84. The molecule has 0 amide bonds. The molecule has 4 aliphatic rings. The molecule has 2 unspecified atom stereocenters. The number of nitrogen functional groups attached to an aromatic ring is 1. The van der Waals surface area contributed by atoms with E-state index in [-0.39, 0.29) is 23.6 Å². The van der Waals surface area contributed by atoms with Crippen molar-refractivity contribution in [2.75, 3.05) is 5.84 Å². The fraction of sp³-hybridized carbons (Fsp3) is 0.455. The monoisotopic (exact) mass is 204 g/mol. The van der Waals surface area contributed by atoms with Crippen molar-refractivity contribution in [3.8, 4) is 11.8 Å². The van der Waals surface area contributed by atoms with Gasteiger partial charge in [0, 0.05) is 23.0 Å². The minimum atomic E-state index is 0.0344. The Labute approximate surface area is 86.6 Å². The maximum atomic E-state index is 9.87. The lowest BCUT2D eigenvalue weighted by Crippen LogP contribution is -2.18. The van der Waals surface area contributed by atoms with Gasteiger partial charge in [0.05, 0.1) is 0 Å². The molecule has 5 rings (SSSR count). The van der Waals surface area contributed by atoms with E-state index in [2.05, 4.69) is 12.2 Å². The molecule has 0 saturated heterocycles. The Morgan fingerprint density at radius 3 is 2.00 bits per heavy atom. The van der Waals surface area contributed by atoms with Gasteiger partial charge < -0.3 is 16.1 Å². The molecule has 0 spiro atoms. The number of hydrogen-bond donors (Lipinski definition) is 3. The van der Waals surface area contributed by atoms with Crippen molar-refractivity contribution in [3.63, 3.8) is 0 Å². The SMILES string of the molecule is Nn1c(O)c2c(c1O)C1C=CC2[C@@H]2C[C@@H]12. The van der Waals surface area contributed by atoms with Crippen LogP contribution in [0.25, 0.3) is 0 Å². The number of aromatic nitrogens is 1. The first-order chi connectivity index (χ1) is 7.20. The summed E-state index contributed by atoms with van der Waals surface area (Å²) < 4.78 is 1.00. The van der Waals surface area contributed by atoms with Crippen LogP contribution in [-0.4, -0.2) is 14.9 Å². The van der Waals surface area contributed by atoms with Crippen LogP contribution in [0, 0.1) is 11.8 Å². The average molecular weight is 204 g/mol. The first-order valence-electron chi connectivity index (χ1n) is 5.30. The van der Waals surface area contributed by atoms with E-state index in [0.717, 1.165) is 15.8 Å². The van der Waals surface area contributed by atoms with Crippen LogP contribution in [-0.2, 0) is 0 Å². The zero-order valence-corrected chi connectivity index (χ0v) is 8.09. The second kappa shape index (κ2) is 2.01. The van der Waals surface area contributed by atoms with E-state index in [4.69, 9.17) is 5.84 Å². The topological polar surface area (TPSA) is 71.4 Å². The molecule has 78 valence electrons. The average Bonchev–Trinajstić information content (AvgIpc) is 3.02. The molecule has 1 heterocycles. The summed E-state index contributed by atoms with van der Waals surface area (Å²) in [7, 11) is 0. The molecule has 1 fully saturated rings. The fourth-order valence-electron chi connectivity index (χ4n) is 3.47. The van der Waals surface area contributed by atoms with Gasteiger partial charge in [0.15, 0.2) is 0 Å². The smallest absolute Gasteiger partial charge is 0.217 e. The van der Waals surface area contributed by atoms with E-state index in [1.807, 2.05) is 0 Å². The summed E-state index contributed by atoms with van der Waals surface area (Å²) in [6.07, 6.45) is 5.51. The van der Waals surface area contributed by atoms with Crippen LogP contribution in [0.4, 0.5) is 0 Å². The van der Waals surface area contributed by atoms with Crippen LogP contribution in [0.1, 0.15) is 29.4 Å². The lowest BCUT2D eigenvalue weighted by atomic mass is 9.73. The number of aromatic hydroxyl groups is 2. The van der Waals surface area contributed by atoms with Crippen molar-refractivity contribution < 1.29 is 10.2 Å². The van der Waals surface area contributed by atoms with E-state index in [1.165, 1.54) is 6.42 Å². The zero-order chi connectivity index (χ0) is 10.3. The summed E-state index contributed by atoms with van der Waals surface area (Å²) in [5, 5.41) is 19.7. The van der Waals surface area contributed by atoms with Crippen molar-refractivity contribution in [2.24, 2.45) is 11.8 Å². The second-order valence-electron chi connectivity index (χ2n) is 4.84. The first-order valence-corrected chi connectivity index (χ1v) is 5.30. The van der Waals surface area contributed by atoms with Gasteiger partial charge in [-0.15, -0.1) is 0 Å². The highest BCUT2D eigenvalue weighted by Gasteiger charge is 2.56. The van der Waals surface area contributed by atoms with E-state index in [9.17, 15) is 10.2 Å². The number of allylic oxidation sites excluding steroid dienone is 2. The summed E-state index contributed by atoms with van der Waals surface area (Å²) >= 11 is 0.